The monoisotopic (exact) mass is 234 g/mol. The molecule has 2 N–H and O–H groups in total. The average Bonchev–Trinajstić information content (AvgIpc) is 2.79. The molecule has 0 aliphatic carbocycles. The van der Waals surface area contributed by atoms with E-state index in [4.69, 9.17) is 4.42 Å². The lowest BCUT2D eigenvalue weighted by atomic mass is 10.3. The van der Waals surface area contributed by atoms with Gasteiger partial charge in [-0.1, -0.05) is 12.0 Å². The SMILES string of the molecule is CCNC(C)c1nnc(Nc2ncccn2)o1. The maximum Gasteiger partial charge on any atom is 0.322 e. The second-order valence-electron chi connectivity index (χ2n) is 3.42. The van der Waals surface area contributed by atoms with Gasteiger partial charge in [0.05, 0.1) is 6.04 Å². The topological polar surface area (TPSA) is 88.8 Å². The molecule has 1 unspecified atom stereocenters. The number of nitrogens with one attached hydrogen (secondary N) is 2. The minimum absolute atomic E-state index is 0.0275. The van der Waals surface area contributed by atoms with Crippen LogP contribution in [0.5, 0.6) is 0 Å². The number of aromatic nitrogens is 4. The van der Waals surface area contributed by atoms with Gasteiger partial charge in [0, 0.05) is 12.4 Å². The Morgan fingerprint density at radius 1 is 1.29 bits per heavy atom. The standard InChI is InChI=1S/C10H14N6O/c1-3-11-7(2)8-15-16-10(17-8)14-9-12-5-4-6-13-9/h4-7,11H,3H2,1-2H3,(H,12,13,14,16). The summed E-state index contributed by atoms with van der Waals surface area (Å²) in [6.45, 7) is 4.82. The van der Waals surface area contributed by atoms with Crippen LogP contribution in [0.3, 0.4) is 0 Å². The van der Waals surface area contributed by atoms with E-state index in [2.05, 4.69) is 30.8 Å². The van der Waals surface area contributed by atoms with Gasteiger partial charge in [-0.15, -0.1) is 5.10 Å². The Balaban J connectivity index is 2.04. The van der Waals surface area contributed by atoms with Gasteiger partial charge in [0.15, 0.2) is 0 Å². The van der Waals surface area contributed by atoms with E-state index >= 15 is 0 Å². The number of anilines is 2. The van der Waals surface area contributed by atoms with E-state index < -0.39 is 0 Å². The maximum atomic E-state index is 5.43. The molecule has 90 valence electrons. The smallest absolute Gasteiger partial charge is 0.322 e. The zero-order chi connectivity index (χ0) is 12.1. The average molecular weight is 234 g/mol. The van der Waals surface area contributed by atoms with Crippen molar-refractivity contribution < 1.29 is 4.42 Å². The summed E-state index contributed by atoms with van der Waals surface area (Å²) in [7, 11) is 0. The first kappa shape index (κ1) is 11.5. The van der Waals surface area contributed by atoms with Gasteiger partial charge in [-0.25, -0.2) is 9.97 Å². The summed E-state index contributed by atoms with van der Waals surface area (Å²) in [5.41, 5.74) is 0. The Bertz CT molecular complexity index is 457. The lowest BCUT2D eigenvalue weighted by Gasteiger charge is -2.05. The zero-order valence-corrected chi connectivity index (χ0v) is 9.71. The molecule has 0 amide bonds. The van der Waals surface area contributed by atoms with Crippen molar-refractivity contribution >= 4 is 12.0 Å². The molecular weight excluding hydrogens is 220 g/mol. The molecule has 17 heavy (non-hydrogen) atoms. The molecule has 1 atom stereocenters. The fourth-order valence-electron chi connectivity index (χ4n) is 1.31. The molecule has 0 radical (unpaired) electrons. The Labute approximate surface area is 98.7 Å². The fraction of sp³-hybridized carbons (Fsp3) is 0.400. The van der Waals surface area contributed by atoms with Gasteiger partial charge >= 0.3 is 6.01 Å². The van der Waals surface area contributed by atoms with E-state index in [1.54, 1.807) is 18.5 Å². The molecule has 0 fully saturated rings. The first-order valence-corrected chi connectivity index (χ1v) is 5.40. The predicted octanol–water partition coefficient (Wildman–Crippen LogP) is 1.27. The van der Waals surface area contributed by atoms with Gasteiger partial charge in [-0.3, -0.25) is 5.32 Å². The summed E-state index contributed by atoms with van der Waals surface area (Å²) in [5.74, 6) is 0.962. The van der Waals surface area contributed by atoms with Crippen molar-refractivity contribution in [1.82, 2.24) is 25.5 Å². The van der Waals surface area contributed by atoms with Crippen LogP contribution in [0, 0.1) is 0 Å². The van der Waals surface area contributed by atoms with Crippen molar-refractivity contribution in [2.75, 3.05) is 11.9 Å². The summed E-state index contributed by atoms with van der Waals surface area (Å²) in [6.07, 6.45) is 3.27. The summed E-state index contributed by atoms with van der Waals surface area (Å²) < 4.78 is 5.43. The third-order valence-electron chi connectivity index (χ3n) is 2.11. The molecule has 2 aromatic heterocycles. The minimum atomic E-state index is 0.0275. The maximum absolute atomic E-state index is 5.43. The number of rotatable bonds is 5. The van der Waals surface area contributed by atoms with E-state index in [-0.39, 0.29) is 12.1 Å². The lowest BCUT2D eigenvalue weighted by Crippen LogP contribution is -2.17. The molecule has 0 saturated heterocycles. The highest BCUT2D eigenvalue weighted by Gasteiger charge is 2.12. The molecule has 7 heteroatoms. The van der Waals surface area contributed by atoms with E-state index in [1.165, 1.54) is 0 Å². The zero-order valence-electron chi connectivity index (χ0n) is 9.71. The van der Waals surface area contributed by atoms with Crippen molar-refractivity contribution in [2.45, 2.75) is 19.9 Å². The van der Waals surface area contributed by atoms with E-state index in [0.717, 1.165) is 6.54 Å². The van der Waals surface area contributed by atoms with Crippen molar-refractivity contribution in [3.05, 3.63) is 24.4 Å². The molecule has 7 nitrogen and oxygen atoms in total. The van der Waals surface area contributed by atoms with Crippen LogP contribution in [0.25, 0.3) is 0 Å². The number of nitrogens with zero attached hydrogens (tertiary/aromatic N) is 4. The van der Waals surface area contributed by atoms with Gasteiger partial charge in [-0.05, 0) is 19.5 Å². The quantitative estimate of drug-likeness (QED) is 0.805. The van der Waals surface area contributed by atoms with Crippen LogP contribution in [0.4, 0.5) is 12.0 Å². The largest absolute Gasteiger partial charge is 0.406 e. The summed E-state index contributed by atoms with van der Waals surface area (Å²) >= 11 is 0. The molecule has 0 spiro atoms. The van der Waals surface area contributed by atoms with Crippen molar-refractivity contribution in [1.29, 1.82) is 0 Å². The molecule has 0 aromatic carbocycles. The van der Waals surface area contributed by atoms with Crippen LogP contribution >= 0.6 is 0 Å². The third-order valence-corrected chi connectivity index (χ3v) is 2.11. The Kier molecular flexibility index (Phi) is 3.61. The van der Waals surface area contributed by atoms with E-state index in [9.17, 15) is 0 Å². The van der Waals surface area contributed by atoms with Gasteiger partial charge in [0.2, 0.25) is 11.8 Å². The molecule has 0 saturated carbocycles. The first-order valence-electron chi connectivity index (χ1n) is 5.40. The second-order valence-corrected chi connectivity index (χ2v) is 3.42. The van der Waals surface area contributed by atoms with Gasteiger partial charge in [-0.2, -0.15) is 0 Å². The van der Waals surface area contributed by atoms with Crippen LogP contribution in [-0.4, -0.2) is 26.7 Å². The molecule has 2 rings (SSSR count). The molecule has 0 aliphatic rings. The first-order chi connectivity index (χ1) is 8.29. The highest BCUT2D eigenvalue weighted by Crippen LogP contribution is 2.15. The lowest BCUT2D eigenvalue weighted by molar-refractivity contribution is 0.430. The second kappa shape index (κ2) is 5.35. The van der Waals surface area contributed by atoms with Crippen LogP contribution in [-0.2, 0) is 0 Å². The summed E-state index contributed by atoms with van der Waals surface area (Å²) in [4.78, 5) is 8.00. The summed E-state index contributed by atoms with van der Waals surface area (Å²) in [5, 5.41) is 13.8. The van der Waals surface area contributed by atoms with Crippen LogP contribution in [0.15, 0.2) is 22.9 Å². The van der Waals surface area contributed by atoms with Crippen molar-refractivity contribution in [3.8, 4) is 0 Å². The Morgan fingerprint density at radius 2 is 2.06 bits per heavy atom. The van der Waals surface area contributed by atoms with Crippen LogP contribution in [0.1, 0.15) is 25.8 Å². The highest BCUT2D eigenvalue weighted by molar-refractivity contribution is 5.38. The molecular formula is C10H14N6O. The van der Waals surface area contributed by atoms with Crippen LogP contribution in [0.2, 0.25) is 0 Å². The van der Waals surface area contributed by atoms with Crippen molar-refractivity contribution in [3.63, 3.8) is 0 Å². The fourth-order valence-corrected chi connectivity index (χ4v) is 1.31. The minimum Gasteiger partial charge on any atom is -0.406 e. The molecule has 2 aromatic rings. The Morgan fingerprint density at radius 3 is 2.76 bits per heavy atom. The number of hydrogen-bond donors (Lipinski definition) is 2. The van der Waals surface area contributed by atoms with Crippen LogP contribution < -0.4 is 10.6 Å². The Hall–Kier alpha value is -2.02. The molecule has 2 heterocycles. The van der Waals surface area contributed by atoms with Gasteiger partial charge in [0.25, 0.3) is 0 Å². The number of hydrogen-bond acceptors (Lipinski definition) is 7. The van der Waals surface area contributed by atoms with Gasteiger partial charge in [0.1, 0.15) is 0 Å². The molecule has 0 aliphatic heterocycles. The molecule has 0 bridgehead atoms. The summed E-state index contributed by atoms with van der Waals surface area (Å²) in [6, 6.07) is 2.05. The predicted molar refractivity (Wildman–Crippen MR) is 61.7 cm³/mol. The highest BCUT2D eigenvalue weighted by atomic mass is 16.4. The third kappa shape index (κ3) is 2.97. The van der Waals surface area contributed by atoms with Gasteiger partial charge < -0.3 is 9.73 Å². The van der Waals surface area contributed by atoms with Crippen molar-refractivity contribution in [2.24, 2.45) is 0 Å². The van der Waals surface area contributed by atoms with E-state index in [0.29, 0.717) is 11.8 Å². The normalized spacial score (nSPS) is 12.4. The van der Waals surface area contributed by atoms with E-state index in [1.807, 2.05) is 13.8 Å².